The Labute approximate surface area is 129 Å². The van der Waals surface area contributed by atoms with Crippen LogP contribution in [0.3, 0.4) is 0 Å². The summed E-state index contributed by atoms with van der Waals surface area (Å²) in [5, 5.41) is 12.8. The van der Waals surface area contributed by atoms with Gasteiger partial charge in [0.15, 0.2) is 0 Å². The first-order chi connectivity index (χ1) is 9.95. The predicted octanol–water partition coefficient (Wildman–Crippen LogP) is 4.24. The van der Waals surface area contributed by atoms with Crippen molar-refractivity contribution < 1.29 is 5.11 Å². The van der Waals surface area contributed by atoms with Crippen molar-refractivity contribution in [1.29, 1.82) is 0 Å². The summed E-state index contributed by atoms with van der Waals surface area (Å²) in [6.45, 7) is 7.62. The zero-order valence-corrected chi connectivity index (χ0v) is 13.7. The lowest BCUT2D eigenvalue weighted by Gasteiger charge is -2.43. The van der Waals surface area contributed by atoms with Gasteiger partial charge in [-0.3, -0.25) is 0 Å². The van der Waals surface area contributed by atoms with Crippen LogP contribution in [0.25, 0.3) is 0 Å². The summed E-state index contributed by atoms with van der Waals surface area (Å²) in [6, 6.07) is 9.32. The van der Waals surface area contributed by atoms with Gasteiger partial charge >= 0.3 is 0 Å². The monoisotopic (exact) mass is 287 g/mol. The van der Waals surface area contributed by atoms with Crippen molar-refractivity contribution in [3.8, 4) is 0 Å². The molecular weight excluding hydrogens is 258 g/mol. The normalized spacial score (nSPS) is 33.3. The largest absolute Gasteiger partial charge is 0.396 e. The van der Waals surface area contributed by atoms with E-state index in [-0.39, 0.29) is 6.61 Å². The Morgan fingerprint density at radius 2 is 2.10 bits per heavy atom. The number of hydrogen-bond acceptors (Lipinski definition) is 2. The number of hydrogen-bond donors (Lipinski definition) is 2. The second-order valence-corrected chi connectivity index (χ2v) is 8.02. The number of aliphatic hydroxyl groups excluding tert-OH is 1. The molecule has 1 unspecified atom stereocenters. The van der Waals surface area contributed by atoms with E-state index in [4.69, 9.17) is 5.11 Å². The molecule has 3 rings (SSSR count). The average molecular weight is 287 g/mol. The lowest BCUT2D eigenvalue weighted by molar-refractivity contribution is 0.155. The summed E-state index contributed by atoms with van der Waals surface area (Å²) in [6.07, 6.45) is 5.95. The predicted molar refractivity (Wildman–Crippen MR) is 88.5 cm³/mol. The lowest BCUT2D eigenvalue weighted by atomic mass is 9.68. The maximum atomic E-state index is 8.99. The molecule has 0 amide bonds. The van der Waals surface area contributed by atoms with Gasteiger partial charge in [-0.05, 0) is 66.5 Å². The van der Waals surface area contributed by atoms with Crippen LogP contribution in [0.1, 0.15) is 52.0 Å². The molecule has 0 aliphatic heterocycles. The van der Waals surface area contributed by atoms with Crippen molar-refractivity contribution in [3.63, 3.8) is 0 Å². The summed E-state index contributed by atoms with van der Waals surface area (Å²) in [7, 11) is 0. The van der Waals surface area contributed by atoms with Gasteiger partial charge in [-0.1, -0.05) is 32.9 Å². The van der Waals surface area contributed by atoms with Crippen LogP contribution in [0.4, 0.5) is 5.69 Å². The highest BCUT2D eigenvalue weighted by molar-refractivity contribution is 5.48. The highest BCUT2D eigenvalue weighted by atomic mass is 16.2. The summed E-state index contributed by atoms with van der Waals surface area (Å²) < 4.78 is 0. The SMILES string of the molecule is CC1(C)C(Nc2cccc(CCCO)c2)[C@]2(C)CC[C@H]1C2. The average Bonchev–Trinajstić information content (AvgIpc) is 2.93. The third kappa shape index (κ3) is 2.59. The first-order valence-electron chi connectivity index (χ1n) is 8.42. The van der Waals surface area contributed by atoms with Crippen molar-refractivity contribution >= 4 is 5.69 Å². The van der Waals surface area contributed by atoms with E-state index in [2.05, 4.69) is 50.4 Å². The quantitative estimate of drug-likeness (QED) is 0.849. The van der Waals surface area contributed by atoms with Gasteiger partial charge in [0.2, 0.25) is 0 Å². The molecule has 1 aromatic carbocycles. The van der Waals surface area contributed by atoms with Gasteiger partial charge in [-0.25, -0.2) is 0 Å². The summed E-state index contributed by atoms with van der Waals surface area (Å²) >= 11 is 0. The minimum atomic E-state index is 0.271. The third-order valence-electron chi connectivity index (χ3n) is 6.13. The minimum Gasteiger partial charge on any atom is -0.396 e. The maximum Gasteiger partial charge on any atom is 0.0434 e. The van der Waals surface area contributed by atoms with E-state index in [1.165, 1.54) is 30.5 Å². The number of benzene rings is 1. The molecule has 0 radical (unpaired) electrons. The molecule has 0 saturated heterocycles. The van der Waals surface area contributed by atoms with Crippen LogP contribution in [0.2, 0.25) is 0 Å². The van der Waals surface area contributed by atoms with Crippen LogP contribution in [0.15, 0.2) is 24.3 Å². The zero-order chi connectivity index (χ0) is 15.1. The van der Waals surface area contributed by atoms with E-state index in [1.807, 2.05) is 0 Å². The summed E-state index contributed by atoms with van der Waals surface area (Å²) in [5.74, 6) is 0.873. The molecule has 0 aromatic heterocycles. The van der Waals surface area contributed by atoms with E-state index in [0.29, 0.717) is 16.9 Å². The Bertz CT molecular complexity index is 505. The van der Waals surface area contributed by atoms with Crippen LogP contribution in [-0.4, -0.2) is 17.8 Å². The van der Waals surface area contributed by atoms with Crippen molar-refractivity contribution in [1.82, 2.24) is 0 Å². The van der Waals surface area contributed by atoms with Crippen molar-refractivity contribution in [3.05, 3.63) is 29.8 Å². The van der Waals surface area contributed by atoms with Gasteiger partial charge in [0, 0.05) is 18.3 Å². The Kier molecular flexibility index (Phi) is 3.77. The van der Waals surface area contributed by atoms with Crippen molar-refractivity contribution in [2.75, 3.05) is 11.9 Å². The topological polar surface area (TPSA) is 32.3 Å². The summed E-state index contributed by atoms with van der Waals surface area (Å²) in [5.41, 5.74) is 3.40. The van der Waals surface area contributed by atoms with Crippen LogP contribution in [0.5, 0.6) is 0 Å². The summed E-state index contributed by atoms with van der Waals surface area (Å²) in [4.78, 5) is 0. The standard InChI is InChI=1S/C19H29NO/c1-18(2)15-9-10-19(3,13-15)17(18)20-16-8-4-6-14(12-16)7-5-11-21/h4,6,8,12,15,17,20-21H,5,7,9-11,13H2,1-3H3/t15-,17?,19+/m0/s1. The Morgan fingerprint density at radius 3 is 2.76 bits per heavy atom. The van der Waals surface area contributed by atoms with Crippen LogP contribution in [-0.2, 0) is 6.42 Å². The molecular formula is C19H29NO. The molecule has 1 aromatic rings. The highest BCUT2D eigenvalue weighted by Crippen LogP contribution is 2.63. The molecule has 2 fully saturated rings. The Morgan fingerprint density at radius 1 is 1.29 bits per heavy atom. The van der Waals surface area contributed by atoms with E-state index in [0.717, 1.165) is 18.8 Å². The number of rotatable bonds is 5. The minimum absolute atomic E-state index is 0.271. The molecule has 2 bridgehead atoms. The second-order valence-electron chi connectivity index (χ2n) is 8.02. The molecule has 3 atom stereocenters. The molecule has 2 saturated carbocycles. The van der Waals surface area contributed by atoms with Gasteiger partial charge < -0.3 is 10.4 Å². The first-order valence-corrected chi connectivity index (χ1v) is 8.42. The maximum absolute atomic E-state index is 8.99. The van der Waals surface area contributed by atoms with Gasteiger partial charge in [-0.15, -0.1) is 0 Å². The second kappa shape index (κ2) is 5.31. The molecule has 2 N–H and O–H groups in total. The Hall–Kier alpha value is -1.02. The zero-order valence-electron chi connectivity index (χ0n) is 13.7. The number of nitrogens with one attached hydrogen (secondary N) is 1. The first kappa shape index (κ1) is 14.9. The van der Waals surface area contributed by atoms with Crippen molar-refractivity contribution in [2.45, 2.75) is 58.9 Å². The molecule has 2 heteroatoms. The fraction of sp³-hybridized carbons (Fsp3) is 0.684. The molecule has 21 heavy (non-hydrogen) atoms. The molecule has 2 nitrogen and oxygen atoms in total. The van der Waals surface area contributed by atoms with Crippen LogP contribution >= 0.6 is 0 Å². The molecule has 0 heterocycles. The smallest absolute Gasteiger partial charge is 0.0434 e. The molecule has 2 aliphatic carbocycles. The Balaban J connectivity index is 1.77. The third-order valence-corrected chi connectivity index (χ3v) is 6.13. The fourth-order valence-corrected chi connectivity index (χ4v) is 4.93. The van der Waals surface area contributed by atoms with Crippen LogP contribution < -0.4 is 5.32 Å². The van der Waals surface area contributed by atoms with Gasteiger partial charge in [0.25, 0.3) is 0 Å². The molecule has 116 valence electrons. The highest BCUT2D eigenvalue weighted by Gasteiger charge is 2.59. The lowest BCUT2D eigenvalue weighted by Crippen LogP contribution is -2.45. The molecule has 0 spiro atoms. The van der Waals surface area contributed by atoms with E-state index < -0.39 is 0 Å². The number of fused-ring (bicyclic) bond motifs is 2. The van der Waals surface area contributed by atoms with E-state index in [9.17, 15) is 0 Å². The van der Waals surface area contributed by atoms with E-state index >= 15 is 0 Å². The number of anilines is 1. The molecule has 2 aliphatic rings. The van der Waals surface area contributed by atoms with Gasteiger partial charge in [0.05, 0.1) is 0 Å². The van der Waals surface area contributed by atoms with Crippen LogP contribution in [0, 0.1) is 16.7 Å². The van der Waals surface area contributed by atoms with Crippen molar-refractivity contribution in [2.24, 2.45) is 16.7 Å². The fourth-order valence-electron chi connectivity index (χ4n) is 4.93. The number of aliphatic hydroxyl groups is 1. The van der Waals surface area contributed by atoms with Gasteiger partial charge in [-0.2, -0.15) is 0 Å². The van der Waals surface area contributed by atoms with E-state index in [1.54, 1.807) is 0 Å². The number of aryl methyl sites for hydroxylation is 1. The van der Waals surface area contributed by atoms with Gasteiger partial charge in [0.1, 0.15) is 0 Å².